The molecule has 0 aliphatic carbocycles. The van der Waals surface area contributed by atoms with Gasteiger partial charge in [0.2, 0.25) is 0 Å². The number of ether oxygens (including phenoxy) is 1. The molecule has 0 saturated heterocycles. The maximum atomic E-state index is 11.5. The molecular weight excluding hydrogens is 214 g/mol. The number of carbonyl (C=O) groups is 1. The average molecular weight is 224 g/mol. The van der Waals surface area contributed by atoms with Crippen LogP contribution in [0.4, 0.5) is 0 Å². The highest BCUT2D eigenvalue weighted by atomic mass is 35.5. The average Bonchev–Trinajstić information content (AvgIpc) is 2.26. The van der Waals surface area contributed by atoms with Crippen molar-refractivity contribution in [1.82, 2.24) is 0 Å². The van der Waals surface area contributed by atoms with Gasteiger partial charge in [0.05, 0.1) is 24.1 Å². The van der Waals surface area contributed by atoms with E-state index in [-0.39, 0.29) is 11.7 Å². The molecule has 78 valence electrons. The van der Waals surface area contributed by atoms with Crippen molar-refractivity contribution in [3.8, 4) is 11.8 Å². The third-order valence-corrected chi connectivity index (χ3v) is 2.22. The fourth-order valence-electron chi connectivity index (χ4n) is 1.36. The Labute approximate surface area is 93.2 Å². The Kier molecular flexibility index (Phi) is 3.70. The molecule has 0 heterocycles. The zero-order valence-electron chi connectivity index (χ0n) is 8.50. The maximum absolute atomic E-state index is 11.5. The van der Waals surface area contributed by atoms with Crippen molar-refractivity contribution in [1.29, 1.82) is 5.26 Å². The first-order valence-electron chi connectivity index (χ1n) is 4.32. The standard InChI is InChI=1S/C11H10ClNO2/c1-7-3-8(6-13)11(15-2)9(4-7)10(14)5-12/h3-4H,5H2,1-2H3. The van der Waals surface area contributed by atoms with E-state index >= 15 is 0 Å². The first-order chi connectivity index (χ1) is 7.13. The van der Waals surface area contributed by atoms with E-state index in [9.17, 15) is 4.79 Å². The number of methoxy groups -OCH3 is 1. The number of hydrogen-bond donors (Lipinski definition) is 0. The number of alkyl halides is 1. The first kappa shape index (κ1) is 11.5. The van der Waals surface area contributed by atoms with Gasteiger partial charge in [-0.1, -0.05) is 0 Å². The summed E-state index contributed by atoms with van der Waals surface area (Å²) in [4.78, 5) is 11.5. The van der Waals surface area contributed by atoms with Crippen molar-refractivity contribution in [3.05, 3.63) is 28.8 Å². The molecule has 1 aromatic carbocycles. The fraction of sp³-hybridized carbons (Fsp3) is 0.273. The number of hydrogen-bond acceptors (Lipinski definition) is 3. The topological polar surface area (TPSA) is 50.1 Å². The molecule has 0 saturated carbocycles. The summed E-state index contributed by atoms with van der Waals surface area (Å²) < 4.78 is 5.04. The molecule has 0 atom stereocenters. The summed E-state index contributed by atoms with van der Waals surface area (Å²) in [6, 6.07) is 5.33. The lowest BCUT2D eigenvalue weighted by Gasteiger charge is -2.09. The number of halogens is 1. The van der Waals surface area contributed by atoms with Crippen LogP contribution < -0.4 is 4.74 Å². The van der Waals surface area contributed by atoms with Gasteiger partial charge in [-0.2, -0.15) is 5.26 Å². The van der Waals surface area contributed by atoms with Gasteiger partial charge in [-0.15, -0.1) is 11.6 Å². The van der Waals surface area contributed by atoms with E-state index in [2.05, 4.69) is 0 Å². The number of nitrogens with zero attached hydrogens (tertiary/aromatic N) is 1. The van der Waals surface area contributed by atoms with Crippen LogP contribution in [0, 0.1) is 18.3 Å². The van der Waals surface area contributed by atoms with Crippen molar-refractivity contribution in [3.63, 3.8) is 0 Å². The second-order valence-corrected chi connectivity index (χ2v) is 3.33. The van der Waals surface area contributed by atoms with Crippen molar-refractivity contribution in [2.24, 2.45) is 0 Å². The monoisotopic (exact) mass is 223 g/mol. The Morgan fingerprint density at radius 3 is 2.73 bits per heavy atom. The van der Waals surface area contributed by atoms with Crippen LogP contribution >= 0.6 is 11.6 Å². The molecule has 15 heavy (non-hydrogen) atoms. The Balaban J connectivity index is 3.43. The van der Waals surface area contributed by atoms with Gasteiger partial charge in [0.15, 0.2) is 5.78 Å². The Morgan fingerprint density at radius 2 is 2.27 bits per heavy atom. The number of nitriles is 1. The molecule has 1 aromatic rings. The largest absolute Gasteiger partial charge is 0.495 e. The van der Waals surface area contributed by atoms with E-state index in [4.69, 9.17) is 21.6 Å². The number of Topliss-reactive ketones (excluding diaryl/α,β-unsaturated/α-hetero) is 1. The molecule has 3 nitrogen and oxygen atoms in total. The minimum Gasteiger partial charge on any atom is -0.495 e. The molecule has 0 unspecified atom stereocenters. The highest BCUT2D eigenvalue weighted by Crippen LogP contribution is 2.25. The lowest BCUT2D eigenvalue weighted by atomic mass is 10.0. The van der Waals surface area contributed by atoms with Crippen LogP contribution in [0.2, 0.25) is 0 Å². The molecule has 0 amide bonds. The van der Waals surface area contributed by atoms with E-state index in [1.165, 1.54) is 7.11 Å². The summed E-state index contributed by atoms with van der Waals surface area (Å²) in [7, 11) is 1.43. The second kappa shape index (κ2) is 4.81. The lowest BCUT2D eigenvalue weighted by Crippen LogP contribution is -2.05. The number of ketones is 1. The first-order valence-corrected chi connectivity index (χ1v) is 4.85. The fourth-order valence-corrected chi connectivity index (χ4v) is 1.50. The predicted molar refractivity (Wildman–Crippen MR) is 57.5 cm³/mol. The number of carbonyl (C=O) groups excluding carboxylic acids is 1. The second-order valence-electron chi connectivity index (χ2n) is 3.06. The molecular formula is C11H10ClNO2. The van der Waals surface area contributed by atoms with Crippen LogP contribution in [0.15, 0.2) is 12.1 Å². The summed E-state index contributed by atoms with van der Waals surface area (Å²) in [5.74, 6) is -0.0625. The molecule has 0 aliphatic heterocycles. The van der Waals surface area contributed by atoms with Crippen LogP contribution in [0.1, 0.15) is 21.5 Å². The quantitative estimate of drug-likeness (QED) is 0.584. The number of benzene rings is 1. The van der Waals surface area contributed by atoms with Gasteiger partial charge in [-0.25, -0.2) is 0 Å². The van der Waals surface area contributed by atoms with Crippen LogP contribution in [0.3, 0.4) is 0 Å². The molecule has 0 spiro atoms. The third kappa shape index (κ3) is 2.28. The van der Waals surface area contributed by atoms with E-state index < -0.39 is 0 Å². The third-order valence-electron chi connectivity index (χ3n) is 1.98. The van der Waals surface area contributed by atoms with Crippen LogP contribution in [-0.2, 0) is 0 Å². The molecule has 0 N–H and O–H groups in total. The van der Waals surface area contributed by atoms with Gasteiger partial charge in [0.1, 0.15) is 11.8 Å². The normalized spacial score (nSPS) is 9.47. The summed E-state index contributed by atoms with van der Waals surface area (Å²) >= 11 is 5.48. The van der Waals surface area contributed by atoms with Crippen molar-refractivity contribution >= 4 is 17.4 Å². The molecule has 0 bridgehead atoms. The molecule has 0 aromatic heterocycles. The molecule has 0 aliphatic rings. The maximum Gasteiger partial charge on any atom is 0.181 e. The SMILES string of the molecule is COc1c(C#N)cc(C)cc1C(=O)CCl. The molecule has 0 radical (unpaired) electrons. The highest BCUT2D eigenvalue weighted by Gasteiger charge is 2.15. The number of aryl methyl sites for hydroxylation is 1. The summed E-state index contributed by atoms with van der Waals surface area (Å²) in [5.41, 5.74) is 1.55. The van der Waals surface area contributed by atoms with Gasteiger partial charge in [-0.3, -0.25) is 4.79 Å². The van der Waals surface area contributed by atoms with Gasteiger partial charge in [0, 0.05) is 0 Å². The Morgan fingerprint density at radius 1 is 1.60 bits per heavy atom. The van der Waals surface area contributed by atoms with E-state index in [0.29, 0.717) is 16.9 Å². The van der Waals surface area contributed by atoms with Gasteiger partial charge in [-0.05, 0) is 24.6 Å². The van der Waals surface area contributed by atoms with Gasteiger partial charge < -0.3 is 4.74 Å². The number of rotatable bonds is 3. The minimum absolute atomic E-state index is 0.120. The minimum atomic E-state index is -0.242. The highest BCUT2D eigenvalue weighted by molar-refractivity contribution is 6.30. The lowest BCUT2D eigenvalue weighted by molar-refractivity contribution is 0.101. The van der Waals surface area contributed by atoms with Gasteiger partial charge >= 0.3 is 0 Å². The molecule has 1 rings (SSSR count). The van der Waals surface area contributed by atoms with Crippen LogP contribution in [-0.4, -0.2) is 18.8 Å². The Bertz CT molecular complexity index is 435. The van der Waals surface area contributed by atoms with Crippen LogP contribution in [0.5, 0.6) is 5.75 Å². The van der Waals surface area contributed by atoms with Crippen molar-refractivity contribution in [2.75, 3.05) is 13.0 Å². The zero-order chi connectivity index (χ0) is 11.4. The van der Waals surface area contributed by atoms with E-state index in [0.717, 1.165) is 5.56 Å². The van der Waals surface area contributed by atoms with Crippen molar-refractivity contribution < 1.29 is 9.53 Å². The summed E-state index contributed by atoms with van der Waals surface area (Å²) in [5, 5.41) is 8.88. The predicted octanol–water partition coefficient (Wildman–Crippen LogP) is 2.30. The summed E-state index contributed by atoms with van der Waals surface area (Å²) in [6.07, 6.45) is 0. The van der Waals surface area contributed by atoms with E-state index in [1.54, 1.807) is 12.1 Å². The summed E-state index contributed by atoms with van der Waals surface area (Å²) in [6.45, 7) is 1.81. The zero-order valence-corrected chi connectivity index (χ0v) is 9.26. The van der Waals surface area contributed by atoms with E-state index in [1.807, 2.05) is 13.0 Å². The van der Waals surface area contributed by atoms with Crippen molar-refractivity contribution in [2.45, 2.75) is 6.92 Å². The Hall–Kier alpha value is -1.53. The molecule has 0 fully saturated rings. The van der Waals surface area contributed by atoms with Gasteiger partial charge in [0.25, 0.3) is 0 Å². The smallest absolute Gasteiger partial charge is 0.181 e. The molecule has 4 heteroatoms. The van der Waals surface area contributed by atoms with Crippen LogP contribution in [0.25, 0.3) is 0 Å².